The Morgan fingerprint density at radius 2 is 1.50 bits per heavy atom. The average Bonchev–Trinajstić information content (AvgIpc) is 2.55. The van der Waals surface area contributed by atoms with Crippen molar-refractivity contribution in [1.29, 1.82) is 0 Å². The molecule has 0 radical (unpaired) electrons. The summed E-state index contributed by atoms with van der Waals surface area (Å²) < 4.78 is 1.52. The Hall–Kier alpha value is -1.77. The summed E-state index contributed by atoms with van der Waals surface area (Å²) in [6, 6.07) is 24.2. The van der Waals surface area contributed by atoms with Gasteiger partial charge >= 0.3 is 0 Å². The van der Waals surface area contributed by atoms with E-state index >= 15 is 0 Å². The predicted octanol–water partition coefficient (Wildman–Crippen LogP) is 7.16. The Morgan fingerprint density at radius 3 is 2.17 bits per heavy atom. The Kier molecular flexibility index (Phi) is 4.98. The lowest BCUT2D eigenvalue weighted by atomic mass is 10.1. The van der Waals surface area contributed by atoms with Crippen LogP contribution in [0.15, 0.2) is 76.2 Å². The number of hydrogen-bond donors (Lipinski definition) is 0. The maximum absolute atomic E-state index is 2.42. The van der Waals surface area contributed by atoms with Crippen molar-refractivity contribution in [2.24, 2.45) is 0 Å². The van der Waals surface area contributed by atoms with Crippen molar-refractivity contribution in [3.63, 3.8) is 0 Å². The number of rotatable bonds is 4. The van der Waals surface area contributed by atoms with E-state index in [2.05, 4.69) is 99.4 Å². The fourth-order valence-electron chi connectivity index (χ4n) is 2.58. The van der Waals surface area contributed by atoms with Crippen molar-refractivity contribution < 1.29 is 0 Å². The van der Waals surface area contributed by atoms with Gasteiger partial charge in [-0.05, 0) is 52.1 Å². The minimum Gasteiger partial charge on any atom is -0.0991 e. The molecule has 0 amide bonds. The van der Waals surface area contributed by atoms with Gasteiger partial charge < -0.3 is 0 Å². The number of thioether (sulfide) groups is 1. The third-order valence-corrected chi connectivity index (χ3v) is 8.67. The molecule has 2 heteroatoms. The first-order chi connectivity index (χ1) is 11.4. The highest BCUT2D eigenvalue weighted by Crippen LogP contribution is 2.35. The Morgan fingerprint density at radius 1 is 0.833 bits per heavy atom. The van der Waals surface area contributed by atoms with Crippen LogP contribution in [0.3, 0.4) is 0 Å². The van der Waals surface area contributed by atoms with Gasteiger partial charge in [0, 0.05) is 4.90 Å². The van der Waals surface area contributed by atoms with Gasteiger partial charge in [-0.1, -0.05) is 85.5 Å². The van der Waals surface area contributed by atoms with Gasteiger partial charge in [-0.25, -0.2) is 0 Å². The van der Waals surface area contributed by atoms with E-state index < -0.39 is 8.07 Å². The van der Waals surface area contributed by atoms with Crippen LogP contribution in [-0.2, 0) is 0 Å². The Balaban J connectivity index is 1.97. The number of benzene rings is 3. The second kappa shape index (κ2) is 7.00. The largest absolute Gasteiger partial charge is 0.0991 e. The summed E-state index contributed by atoms with van der Waals surface area (Å²) in [5.41, 5.74) is 2.61. The smallest absolute Gasteiger partial charge is 0.0862 e. The summed E-state index contributed by atoms with van der Waals surface area (Å²) in [7, 11) is -1.41. The summed E-state index contributed by atoms with van der Waals surface area (Å²) in [6.07, 6.45) is 2.39. The maximum atomic E-state index is 2.42. The molecule has 0 unspecified atom stereocenters. The first kappa shape index (κ1) is 17.1. The van der Waals surface area contributed by atoms with E-state index in [1.165, 1.54) is 31.3 Å². The first-order valence-electron chi connectivity index (χ1n) is 8.37. The highest BCUT2D eigenvalue weighted by atomic mass is 32.2. The van der Waals surface area contributed by atoms with Gasteiger partial charge in [-0.3, -0.25) is 0 Å². The standard InChI is InChI=1S/C22H24SSi/c1-17-9-13-21(14-10-17)23-22(24(2,3)4)16-18-11-12-19-7-5-6-8-20(19)15-18/h5-16H,1-4H3/b22-16-. The summed E-state index contributed by atoms with van der Waals surface area (Å²) >= 11 is 1.93. The molecule has 0 nitrogen and oxygen atoms in total. The van der Waals surface area contributed by atoms with Crippen LogP contribution in [0.4, 0.5) is 0 Å². The van der Waals surface area contributed by atoms with E-state index in [0.29, 0.717) is 0 Å². The SMILES string of the molecule is Cc1ccc(S/C(=C/c2ccc3ccccc3c2)[Si](C)(C)C)cc1. The molecular formula is C22H24SSi. The van der Waals surface area contributed by atoms with Gasteiger partial charge in [-0.15, -0.1) is 0 Å². The number of aryl methyl sites for hydroxylation is 1. The molecule has 0 aliphatic heterocycles. The van der Waals surface area contributed by atoms with E-state index in [1.807, 2.05) is 11.8 Å². The molecule has 0 aliphatic rings. The normalized spacial score (nSPS) is 12.6. The molecule has 0 spiro atoms. The van der Waals surface area contributed by atoms with Crippen molar-refractivity contribution in [2.45, 2.75) is 31.5 Å². The predicted molar refractivity (Wildman–Crippen MR) is 112 cm³/mol. The van der Waals surface area contributed by atoms with Gasteiger partial charge in [0.05, 0.1) is 8.07 Å². The molecule has 3 aromatic carbocycles. The van der Waals surface area contributed by atoms with Crippen LogP contribution < -0.4 is 0 Å². The van der Waals surface area contributed by atoms with Gasteiger partial charge in [-0.2, -0.15) is 0 Å². The van der Waals surface area contributed by atoms with E-state index in [1.54, 1.807) is 0 Å². The van der Waals surface area contributed by atoms with Crippen molar-refractivity contribution in [1.82, 2.24) is 0 Å². The van der Waals surface area contributed by atoms with Gasteiger partial charge in [0.2, 0.25) is 0 Å². The fraction of sp³-hybridized carbons (Fsp3) is 0.182. The van der Waals surface area contributed by atoms with Crippen LogP contribution >= 0.6 is 11.8 Å². The molecule has 0 aromatic heterocycles. The fourth-order valence-corrected chi connectivity index (χ4v) is 5.48. The molecule has 3 aromatic rings. The highest BCUT2D eigenvalue weighted by molar-refractivity contribution is 8.05. The van der Waals surface area contributed by atoms with Crippen LogP contribution in [0.5, 0.6) is 0 Å². The van der Waals surface area contributed by atoms with Crippen molar-refractivity contribution in [3.05, 3.63) is 82.4 Å². The molecule has 0 bridgehead atoms. The van der Waals surface area contributed by atoms with Crippen molar-refractivity contribution >= 4 is 36.7 Å². The topological polar surface area (TPSA) is 0 Å². The van der Waals surface area contributed by atoms with Gasteiger partial charge in [0.25, 0.3) is 0 Å². The molecule has 122 valence electrons. The Labute approximate surface area is 150 Å². The van der Waals surface area contributed by atoms with E-state index in [0.717, 1.165) is 0 Å². The zero-order valence-corrected chi connectivity index (χ0v) is 16.7. The lowest BCUT2D eigenvalue weighted by Crippen LogP contribution is -2.21. The second-order valence-corrected chi connectivity index (χ2v) is 13.8. The highest BCUT2D eigenvalue weighted by Gasteiger charge is 2.20. The van der Waals surface area contributed by atoms with E-state index in [9.17, 15) is 0 Å². The van der Waals surface area contributed by atoms with Crippen molar-refractivity contribution in [2.75, 3.05) is 0 Å². The molecule has 0 N–H and O–H groups in total. The average molecular weight is 349 g/mol. The van der Waals surface area contributed by atoms with Crippen molar-refractivity contribution in [3.8, 4) is 0 Å². The molecular weight excluding hydrogens is 324 g/mol. The summed E-state index contributed by atoms with van der Waals surface area (Å²) in [6.45, 7) is 9.39. The van der Waals surface area contributed by atoms with Crippen LogP contribution in [0, 0.1) is 6.92 Å². The first-order valence-corrected chi connectivity index (χ1v) is 12.7. The molecule has 0 saturated heterocycles. The maximum Gasteiger partial charge on any atom is 0.0862 e. The molecule has 0 atom stereocenters. The Bertz CT molecular complexity index is 870. The minimum absolute atomic E-state index is 1.30. The van der Waals surface area contributed by atoms with E-state index in [4.69, 9.17) is 0 Å². The molecule has 3 rings (SSSR count). The number of fused-ring (bicyclic) bond motifs is 1. The molecule has 0 aliphatic carbocycles. The number of hydrogen-bond acceptors (Lipinski definition) is 1. The third-order valence-electron chi connectivity index (χ3n) is 4.06. The van der Waals surface area contributed by atoms with Gasteiger partial charge in [0.1, 0.15) is 0 Å². The van der Waals surface area contributed by atoms with E-state index in [-0.39, 0.29) is 0 Å². The molecule has 24 heavy (non-hydrogen) atoms. The second-order valence-electron chi connectivity index (χ2n) is 7.28. The zero-order chi connectivity index (χ0) is 17.2. The quantitative estimate of drug-likeness (QED) is 0.356. The monoisotopic (exact) mass is 348 g/mol. The van der Waals surface area contributed by atoms with Crippen LogP contribution in [0.1, 0.15) is 11.1 Å². The summed E-state index contributed by atoms with van der Waals surface area (Å²) in [4.78, 5) is 1.33. The molecule has 0 heterocycles. The third kappa shape index (κ3) is 4.19. The lowest BCUT2D eigenvalue weighted by Gasteiger charge is -2.21. The molecule has 0 fully saturated rings. The minimum atomic E-state index is -1.41. The zero-order valence-electron chi connectivity index (χ0n) is 14.8. The van der Waals surface area contributed by atoms with Crippen LogP contribution in [-0.4, -0.2) is 8.07 Å². The summed E-state index contributed by atoms with van der Waals surface area (Å²) in [5.74, 6) is 0. The lowest BCUT2D eigenvalue weighted by molar-refractivity contribution is 1.38. The summed E-state index contributed by atoms with van der Waals surface area (Å²) in [5, 5.41) is 2.61. The van der Waals surface area contributed by atoms with Crippen LogP contribution in [0.2, 0.25) is 19.6 Å². The van der Waals surface area contributed by atoms with Gasteiger partial charge in [0.15, 0.2) is 0 Å². The van der Waals surface area contributed by atoms with Crippen LogP contribution in [0.25, 0.3) is 16.8 Å². The molecule has 0 saturated carbocycles.